The van der Waals surface area contributed by atoms with Crippen LogP contribution in [0.15, 0.2) is 71.1 Å². The van der Waals surface area contributed by atoms with Crippen molar-refractivity contribution < 1.29 is 19.4 Å². The van der Waals surface area contributed by atoms with Crippen LogP contribution < -0.4 is 15.4 Å². The van der Waals surface area contributed by atoms with Crippen LogP contribution in [0.5, 0.6) is 11.5 Å². The molecule has 0 aromatic heterocycles. The van der Waals surface area contributed by atoms with E-state index in [4.69, 9.17) is 4.74 Å². The second-order valence-electron chi connectivity index (χ2n) is 9.18. The zero-order valence-corrected chi connectivity index (χ0v) is 18.8. The number of ether oxygens (including phenoxy) is 1. The van der Waals surface area contributed by atoms with Gasteiger partial charge in [0.25, 0.3) is 5.91 Å². The van der Waals surface area contributed by atoms with E-state index in [1.54, 1.807) is 43.5 Å². The van der Waals surface area contributed by atoms with E-state index in [9.17, 15) is 14.7 Å². The molecule has 0 fully saturated rings. The summed E-state index contributed by atoms with van der Waals surface area (Å²) in [6.07, 6.45) is 1.14. The summed E-state index contributed by atoms with van der Waals surface area (Å²) in [5.74, 6) is -0.1000. The predicted octanol–water partition coefficient (Wildman–Crippen LogP) is 4.64. The molecule has 3 N–H and O–H groups in total. The first-order chi connectivity index (χ1) is 15.2. The highest BCUT2D eigenvalue weighted by molar-refractivity contribution is 6.10. The number of phenols is 1. The molecule has 2 aliphatic rings. The lowest BCUT2D eigenvalue weighted by Crippen LogP contribution is -2.39. The van der Waals surface area contributed by atoms with Gasteiger partial charge in [-0.3, -0.25) is 9.59 Å². The fourth-order valence-corrected chi connectivity index (χ4v) is 4.67. The molecule has 6 nitrogen and oxygen atoms in total. The first-order valence-corrected chi connectivity index (χ1v) is 10.7. The average molecular weight is 433 g/mol. The molecule has 4 rings (SSSR count). The van der Waals surface area contributed by atoms with Gasteiger partial charge in [-0.25, -0.2) is 0 Å². The number of allylic oxidation sites excluding steroid dienone is 3. The van der Waals surface area contributed by atoms with Gasteiger partial charge in [0, 0.05) is 34.9 Å². The van der Waals surface area contributed by atoms with Crippen LogP contribution in [0.4, 0.5) is 5.69 Å². The number of anilines is 1. The first-order valence-electron chi connectivity index (χ1n) is 10.7. The smallest absolute Gasteiger partial charge is 0.254 e. The molecule has 0 spiro atoms. The summed E-state index contributed by atoms with van der Waals surface area (Å²) in [5, 5.41) is 16.1. The fraction of sp³-hybridized carbons (Fsp3) is 0.308. The Balaban J connectivity index is 1.80. The van der Waals surface area contributed by atoms with Gasteiger partial charge in [-0.05, 0) is 48.6 Å². The fourth-order valence-electron chi connectivity index (χ4n) is 4.67. The lowest BCUT2D eigenvalue weighted by atomic mass is 9.68. The monoisotopic (exact) mass is 432 g/mol. The lowest BCUT2D eigenvalue weighted by molar-refractivity contribution is -0.118. The third-order valence-corrected chi connectivity index (χ3v) is 6.07. The summed E-state index contributed by atoms with van der Waals surface area (Å²) >= 11 is 0. The number of ketones is 1. The molecule has 166 valence electrons. The van der Waals surface area contributed by atoms with E-state index >= 15 is 0 Å². The van der Waals surface area contributed by atoms with Crippen LogP contribution in [0.1, 0.15) is 45.1 Å². The van der Waals surface area contributed by atoms with E-state index in [1.807, 2.05) is 19.1 Å². The van der Waals surface area contributed by atoms with Crippen LogP contribution in [-0.2, 0) is 9.59 Å². The summed E-state index contributed by atoms with van der Waals surface area (Å²) in [6, 6.07) is 13.9. The van der Waals surface area contributed by atoms with Gasteiger partial charge in [-0.15, -0.1) is 0 Å². The number of Topliss-reactive ketones (excluding diaryl/α,β-unsaturated/α-hetero) is 1. The quantitative estimate of drug-likeness (QED) is 0.655. The molecule has 2 aromatic rings. The minimum Gasteiger partial charge on any atom is -0.508 e. The van der Waals surface area contributed by atoms with E-state index < -0.39 is 5.92 Å². The molecule has 0 radical (unpaired) electrons. The van der Waals surface area contributed by atoms with E-state index in [0.29, 0.717) is 34.7 Å². The number of hydrogen-bond donors (Lipinski definition) is 3. The highest BCUT2D eigenvalue weighted by Gasteiger charge is 2.42. The summed E-state index contributed by atoms with van der Waals surface area (Å²) in [6.45, 7) is 6.02. The second kappa shape index (κ2) is 8.19. The van der Waals surface area contributed by atoms with Crippen molar-refractivity contribution in [3.05, 3.63) is 76.6 Å². The number of rotatable bonds is 4. The van der Waals surface area contributed by atoms with Gasteiger partial charge < -0.3 is 20.5 Å². The molecule has 1 aliphatic heterocycles. The van der Waals surface area contributed by atoms with Gasteiger partial charge in [0.05, 0.1) is 12.8 Å². The van der Waals surface area contributed by atoms with Crippen molar-refractivity contribution in [3.63, 3.8) is 0 Å². The summed E-state index contributed by atoms with van der Waals surface area (Å²) in [4.78, 5) is 26.9. The van der Waals surface area contributed by atoms with Gasteiger partial charge in [0.2, 0.25) is 0 Å². The van der Waals surface area contributed by atoms with Crippen molar-refractivity contribution in [1.29, 1.82) is 0 Å². The number of benzene rings is 2. The molecule has 0 saturated heterocycles. The number of phenolic OH excluding ortho intramolecular Hbond substituents is 1. The number of carbonyl (C=O) groups is 2. The summed E-state index contributed by atoms with van der Waals surface area (Å²) < 4.78 is 5.37. The van der Waals surface area contributed by atoms with Crippen LogP contribution in [-0.4, -0.2) is 23.9 Å². The standard InChI is InChI=1S/C26H28N2O4/c1-15-22(25(31)28-18-7-5-6-8-21(18)32-4)23(16-9-11-17(29)12-10-16)24-19(27-15)13-26(2,3)14-20(24)30/h5-12,23,27,29H,13-14H2,1-4H3,(H,28,31)/t23-/m1/s1. The molecule has 1 atom stereocenters. The minimum absolute atomic E-state index is 0.0388. The Morgan fingerprint density at radius 2 is 1.81 bits per heavy atom. The Morgan fingerprint density at radius 3 is 2.50 bits per heavy atom. The molecule has 1 aliphatic carbocycles. The van der Waals surface area contributed by atoms with Crippen molar-refractivity contribution >= 4 is 17.4 Å². The van der Waals surface area contributed by atoms with Gasteiger partial charge >= 0.3 is 0 Å². The zero-order chi connectivity index (χ0) is 23.0. The van der Waals surface area contributed by atoms with Crippen LogP contribution in [0.25, 0.3) is 0 Å². The van der Waals surface area contributed by atoms with E-state index in [2.05, 4.69) is 24.5 Å². The highest BCUT2D eigenvalue weighted by atomic mass is 16.5. The third kappa shape index (κ3) is 4.00. The number of amides is 1. The van der Waals surface area contributed by atoms with Crippen molar-refractivity contribution in [2.45, 2.75) is 39.5 Å². The molecule has 0 saturated carbocycles. The Morgan fingerprint density at radius 1 is 1.12 bits per heavy atom. The maximum Gasteiger partial charge on any atom is 0.254 e. The van der Waals surface area contributed by atoms with E-state index in [0.717, 1.165) is 17.7 Å². The molecule has 6 heteroatoms. The number of nitrogens with one attached hydrogen (secondary N) is 2. The summed E-state index contributed by atoms with van der Waals surface area (Å²) in [5.41, 5.74) is 3.88. The van der Waals surface area contributed by atoms with Crippen LogP contribution in [0.2, 0.25) is 0 Å². The van der Waals surface area contributed by atoms with Gasteiger partial charge in [-0.1, -0.05) is 38.1 Å². The maximum atomic E-state index is 13.6. The summed E-state index contributed by atoms with van der Waals surface area (Å²) in [7, 11) is 1.55. The largest absolute Gasteiger partial charge is 0.508 e. The number of carbonyl (C=O) groups excluding carboxylic acids is 2. The molecule has 0 unspecified atom stereocenters. The molecule has 0 bridgehead atoms. The van der Waals surface area contributed by atoms with Gasteiger partial charge in [0.15, 0.2) is 5.78 Å². The predicted molar refractivity (Wildman–Crippen MR) is 123 cm³/mol. The average Bonchev–Trinajstić information content (AvgIpc) is 2.72. The van der Waals surface area contributed by atoms with Gasteiger partial charge in [0.1, 0.15) is 11.5 Å². The van der Waals surface area contributed by atoms with Crippen LogP contribution in [0.3, 0.4) is 0 Å². The molecule has 1 heterocycles. The Kier molecular flexibility index (Phi) is 5.55. The van der Waals surface area contributed by atoms with Crippen molar-refractivity contribution in [2.75, 3.05) is 12.4 Å². The third-order valence-electron chi connectivity index (χ3n) is 6.07. The number of methoxy groups -OCH3 is 1. The second-order valence-corrected chi connectivity index (χ2v) is 9.18. The molecular weight excluding hydrogens is 404 g/mol. The normalized spacial score (nSPS) is 19.9. The zero-order valence-electron chi connectivity index (χ0n) is 18.8. The number of aromatic hydroxyl groups is 1. The number of dihydropyridines is 1. The highest BCUT2D eigenvalue weighted by Crippen LogP contribution is 2.47. The molecule has 2 aromatic carbocycles. The van der Waals surface area contributed by atoms with Crippen LogP contribution >= 0.6 is 0 Å². The van der Waals surface area contributed by atoms with Crippen molar-refractivity contribution in [1.82, 2.24) is 5.32 Å². The number of hydrogen-bond acceptors (Lipinski definition) is 5. The molecule has 32 heavy (non-hydrogen) atoms. The number of para-hydroxylation sites is 2. The van der Waals surface area contributed by atoms with Crippen molar-refractivity contribution in [2.24, 2.45) is 5.41 Å². The van der Waals surface area contributed by atoms with Crippen LogP contribution in [0, 0.1) is 5.41 Å². The topological polar surface area (TPSA) is 87.7 Å². The molecule has 1 amide bonds. The Bertz CT molecular complexity index is 1140. The Hall–Kier alpha value is -3.54. The van der Waals surface area contributed by atoms with Crippen molar-refractivity contribution in [3.8, 4) is 11.5 Å². The van der Waals surface area contributed by atoms with E-state index in [1.165, 1.54) is 0 Å². The molecular formula is C26H28N2O4. The van der Waals surface area contributed by atoms with E-state index in [-0.39, 0.29) is 22.9 Å². The Labute approximate surface area is 188 Å². The maximum absolute atomic E-state index is 13.6. The van der Waals surface area contributed by atoms with Gasteiger partial charge in [-0.2, -0.15) is 0 Å². The minimum atomic E-state index is -0.523. The lowest BCUT2D eigenvalue weighted by Gasteiger charge is -2.39. The SMILES string of the molecule is COc1ccccc1NC(=O)C1=C(C)NC2=C(C(=O)CC(C)(C)C2)[C@@H]1c1ccc(O)cc1. The first kappa shape index (κ1) is 21.7.